The maximum atomic E-state index is 13.2. The fraction of sp³-hybridized carbons (Fsp3) is 0.719. The molecule has 1 aliphatic heterocycles. The number of carbonyl (C=O) groups is 5. The summed E-state index contributed by atoms with van der Waals surface area (Å²) in [7, 11) is 0. The molecule has 3 rings (SSSR count). The Bertz CT molecular complexity index is 1260. The van der Waals surface area contributed by atoms with Crippen LogP contribution in [0.3, 0.4) is 0 Å². The van der Waals surface area contributed by atoms with Gasteiger partial charge in [0.2, 0.25) is 0 Å². The van der Waals surface area contributed by atoms with Gasteiger partial charge in [0.1, 0.15) is 11.7 Å². The Kier molecular flexibility index (Phi) is 10.1. The van der Waals surface area contributed by atoms with E-state index in [2.05, 4.69) is 0 Å². The lowest BCUT2D eigenvalue weighted by Gasteiger charge is -2.42. The minimum Gasteiger partial charge on any atom is -0.459 e. The Balaban J connectivity index is 2.34. The summed E-state index contributed by atoms with van der Waals surface area (Å²) in [6, 6.07) is 0. The number of hydrogen-bond acceptors (Lipinski definition) is 12. The standard InChI is InChI=1S/C32H46O12/c1-11-16(5)27(35)40-20-14-30(9,44-19(8)33)23-22(26-32(20,39)31(10,38)29(37)43-26)18(7)24(42-28(36)17(6)12-2)25(23)41-21(34)13-15(3)4/h12,15-16,20,23-26,38-39H,11,13-14H2,1-10H3/b17-12-/t16?,20-,23+,24-,25-,26-,30-,31+,32+/m1/s1. The SMILES string of the molecule is C/C=C(/C)C(=O)O[C@@H]1C(C)=C2[C@H]3OC(=O)[C@](C)(O)[C@]3(O)[C@H](OC(=O)C(C)CC)C[C@@](C)(OC(C)=O)[C@@H]2[C@H]1OC(=O)CC(C)C. The Morgan fingerprint density at radius 1 is 1.07 bits per heavy atom. The molecule has 0 spiro atoms. The number of hydrogen-bond donors (Lipinski definition) is 2. The number of allylic oxidation sites excluding steroid dienone is 1. The molecule has 0 bridgehead atoms. The fourth-order valence-electron chi connectivity index (χ4n) is 6.35. The molecule has 2 fully saturated rings. The molecule has 0 radical (unpaired) electrons. The maximum absolute atomic E-state index is 13.2. The third-order valence-corrected chi connectivity index (χ3v) is 9.15. The lowest BCUT2D eigenvalue weighted by molar-refractivity contribution is -0.214. The highest BCUT2D eigenvalue weighted by molar-refractivity contribution is 5.88. The zero-order chi connectivity index (χ0) is 33.5. The van der Waals surface area contributed by atoms with Gasteiger partial charge in [-0.2, -0.15) is 0 Å². The zero-order valence-electron chi connectivity index (χ0n) is 27.2. The number of rotatable bonds is 9. The van der Waals surface area contributed by atoms with E-state index < -0.39 is 89.3 Å². The van der Waals surface area contributed by atoms with Gasteiger partial charge in [-0.15, -0.1) is 0 Å². The summed E-state index contributed by atoms with van der Waals surface area (Å²) in [5.41, 5.74) is -6.19. The fourth-order valence-corrected chi connectivity index (χ4v) is 6.35. The van der Waals surface area contributed by atoms with Crippen LogP contribution in [0.5, 0.6) is 0 Å². The minimum atomic E-state index is -2.59. The van der Waals surface area contributed by atoms with E-state index in [9.17, 15) is 34.2 Å². The molecule has 1 unspecified atom stereocenters. The molecular formula is C32H46O12. The summed E-state index contributed by atoms with van der Waals surface area (Å²) < 4.78 is 29.2. The third kappa shape index (κ3) is 6.02. The second-order valence-electron chi connectivity index (χ2n) is 13.0. The van der Waals surface area contributed by atoms with Crippen molar-refractivity contribution in [3.05, 3.63) is 22.8 Å². The molecule has 12 heteroatoms. The predicted octanol–water partition coefficient (Wildman–Crippen LogP) is 2.86. The van der Waals surface area contributed by atoms with Crippen molar-refractivity contribution in [2.24, 2.45) is 17.8 Å². The molecule has 1 saturated heterocycles. The molecule has 12 nitrogen and oxygen atoms in total. The van der Waals surface area contributed by atoms with Crippen molar-refractivity contribution >= 4 is 29.8 Å². The molecule has 1 saturated carbocycles. The molecule has 0 aromatic rings. The number of aliphatic hydroxyl groups is 2. The Morgan fingerprint density at radius 3 is 2.20 bits per heavy atom. The van der Waals surface area contributed by atoms with Crippen molar-refractivity contribution in [2.45, 2.75) is 130 Å². The number of fused-ring (bicyclic) bond motifs is 3. The van der Waals surface area contributed by atoms with E-state index >= 15 is 0 Å². The molecule has 2 aliphatic carbocycles. The molecule has 1 heterocycles. The molecule has 0 aromatic carbocycles. The van der Waals surface area contributed by atoms with E-state index in [0.29, 0.717) is 6.42 Å². The highest BCUT2D eigenvalue weighted by Crippen LogP contribution is 2.57. The Morgan fingerprint density at radius 2 is 1.68 bits per heavy atom. The van der Waals surface area contributed by atoms with E-state index in [1.807, 2.05) is 13.8 Å². The minimum absolute atomic E-state index is 0.0165. The van der Waals surface area contributed by atoms with E-state index in [0.717, 1.165) is 6.92 Å². The molecule has 246 valence electrons. The summed E-state index contributed by atoms with van der Waals surface area (Å²) in [6.45, 7) is 15.5. The normalized spacial score (nSPS) is 35.7. The quantitative estimate of drug-likeness (QED) is 0.167. The van der Waals surface area contributed by atoms with E-state index in [-0.39, 0.29) is 29.1 Å². The van der Waals surface area contributed by atoms with Crippen molar-refractivity contribution in [1.29, 1.82) is 0 Å². The van der Waals surface area contributed by atoms with Crippen LogP contribution in [-0.4, -0.2) is 81.3 Å². The average Bonchev–Trinajstić information content (AvgIpc) is 3.25. The lowest BCUT2D eigenvalue weighted by Crippen LogP contribution is -2.64. The summed E-state index contributed by atoms with van der Waals surface area (Å²) in [6.07, 6.45) is -4.27. The number of esters is 5. The van der Waals surface area contributed by atoms with Gasteiger partial charge in [0.15, 0.2) is 29.5 Å². The van der Waals surface area contributed by atoms with Gasteiger partial charge in [0, 0.05) is 25.3 Å². The van der Waals surface area contributed by atoms with Gasteiger partial charge in [0.25, 0.3) is 0 Å². The van der Waals surface area contributed by atoms with Crippen molar-refractivity contribution < 1.29 is 57.9 Å². The lowest BCUT2D eigenvalue weighted by atomic mass is 9.75. The zero-order valence-corrected chi connectivity index (χ0v) is 27.2. The van der Waals surface area contributed by atoms with Gasteiger partial charge in [-0.1, -0.05) is 33.8 Å². The first-order chi connectivity index (χ1) is 20.3. The van der Waals surface area contributed by atoms with Gasteiger partial charge in [-0.05, 0) is 58.1 Å². The van der Waals surface area contributed by atoms with Crippen LogP contribution < -0.4 is 0 Å². The molecule has 44 heavy (non-hydrogen) atoms. The van der Waals surface area contributed by atoms with Crippen LogP contribution in [0.15, 0.2) is 22.8 Å². The summed E-state index contributed by atoms with van der Waals surface area (Å²) in [5.74, 6) is -5.81. The first kappa shape index (κ1) is 35.2. The third-order valence-electron chi connectivity index (χ3n) is 9.15. The van der Waals surface area contributed by atoms with Crippen LogP contribution in [0.1, 0.15) is 88.5 Å². The van der Waals surface area contributed by atoms with Gasteiger partial charge >= 0.3 is 29.8 Å². The molecule has 0 aromatic heterocycles. The van der Waals surface area contributed by atoms with Crippen molar-refractivity contribution in [3.63, 3.8) is 0 Å². The van der Waals surface area contributed by atoms with Crippen LogP contribution in [0.4, 0.5) is 0 Å². The Labute approximate surface area is 258 Å². The van der Waals surface area contributed by atoms with Crippen molar-refractivity contribution in [2.75, 3.05) is 0 Å². The van der Waals surface area contributed by atoms with Crippen LogP contribution in [0, 0.1) is 17.8 Å². The highest BCUT2D eigenvalue weighted by atomic mass is 16.6. The van der Waals surface area contributed by atoms with Gasteiger partial charge < -0.3 is 33.9 Å². The number of carbonyl (C=O) groups excluding carboxylic acids is 5. The molecule has 0 amide bonds. The van der Waals surface area contributed by atoms with Crippen LogP contribution in [-0.2, 0) is 47.7 Å². The van der Waals surface area contributed by atoms with Gasteiger partial charge in [0.05, 0.1) is 11.8 Å². The van der Waals surface area contributed by atoms with Crippen molar-refractivity contribution in [1.82, 2.24) is 0 Å². The first-order valence-electron chi connectivity index (χ1n) is 15.1. The monoisotopic (exact) mass is 622 g/mol. The second kappa shape index (κ2) is 12.6. The molecule has 3 aliphatic rings. The van der Waals surface area contributed by atoms with Crippen LogP contribution in [0.2, 0.25) is 0 Å². The number of ether oxygens (including phenoxy) is 5. The molecule has 2 N–H and O–H groups in total. The molecular weight excluding hydrogens is 576 g/mol. The van der Waals surface area contributed by atoms with Crippen LogP contribution >= 0.6 is 0 Å². The predicted molar refractivity (Wildman–Crippen MR) is 154 cm³/mol. The topological polar surface area (TPSA) is 172 Å². The largest absolute Gasteiger partial charge is 0.459 e. The van der Waals surface area contributed by atoms with E-state index in [1.54, 1.807) is 40.7 Å². The maximum Gasteiger partial charge on any atom is 0.341 e. The summed E-state index contributed by atoms with van der Waals surface area (Å²) >= 11 is 0. The van der Waals surface area contributed by atoms with E-state index in [4.69, 9.17) is 23.7 Å². The van der Waals surface area contributed by atoms with Crippen LogP contribution in [0.25, 0.3) is 0 Å². The van der Waals surface area contributed by atoms with Gasteiger partial charge in [-0.25, -0.2) is 9.59 Å². The first-order valence-corrected chi connectivity index (χ1v) is 15.1. The summed E-state index contributed by atoms with van der Waals surface area (Å²) in [4.78, 5) is 65.0. The van der Waals surface area contributed by atoms with E-state index in [1.165, 1.54) is 13.8 Å². The average molecular weight is 623 g/mol. The smallest absolute Gasteiger partial charge is 0.341 e. The van der Waals surface area contributed by atoms with Crippen molar-refractivity contribution in [3.8, 4) is 0 Å². The summed E-state index contributed by atoms with van der Waals surface area (Å²) in [5, 5.41) is 23.9. The van der Waals surface area contributed by atoms with Gasteiger partial charge in [-0.3, -0.25) is 14.4 Å². The Hall–Kier alpha value is -3.25. The second-order valence-corrected chi connectivity index (χ2v) is 13.0. The highest BCUT2D eigenvalue weighted by Gasteiger charge is 2.76. The molecule has 9 atom stereocenters.